The molecule has 76 valence electrons. The van der Waals surface area contributed by atoms with E-state index in [0.717, 1.165) is 6.04 Å². The van der Waals surface area contributed by atoms with E-state index in [1.165, 1.54) is 31.2 Å². The quantitative estimate of drug-likeness (QED) is 0.751. The van der Waals surface area contributed by atoms with Gasteiger partial charge >= 0.3 is 0 Å². The molecule has 1 aromatic carbocycles. The summed E-state index contributed by atoms with van der Waals surface area (Å²) >= 11 is 0. The molecule has 1 aliphatic carbocycles. The summed E-state index contributed by atoms with van der Waals surface area (Å²) in [6, 6.07) is 11.4. The number of nitrogens with one attached hydrogen (secondary N) is 1. The third-order valence-electron chi connectivity index (χ3n) is 2.93. The normalized spacial score (nSPS) is 19.8. The molecule has 2 atom stereocenters. The third-order valence-corrected chi connectivity index (χ3v) is 3.51. The van der Waals surface area contributed by atoms with Gasteiger partial charge in [0.05, 0.1) is 0 Å². The molecule has 0 aromatic heterocycles. The van der Waals surface area contributed by atoms with Crippen molar-refractivity contribution < 1.29 is 0 Å². The van der Waals surface area contributed by atoms with Crippen molar-refractivity contribution in [3.63, 3.8) is 0 Å². The first-order valence-corrected chi connectivity index (χ1v) is 6.09. The van der Waals surface area contributed by atoms with Gasteiger partial charge in [0, 0.05) is 11.8 Å². The van der Waals surface area contributed by atoms with Crippen LogP contribution in [0.3, 0.4) is 0 Å². The van der Waals surface area contributed by atoms with Gasteiger partial charge in [0.15, 0.2) is 0 Å². The molecule has 1 N–H and O–H groups in total. The van der Waals surface area contributed by atoms with Gasteiger partial charge in [-0.05, 0) is 18.4 Å². The van der Waals surface area contributed by atoms with Crippen LogP contribution in [-0.2, 0) is 0 Å². The van der Waals surface area contributed by atoms with Crippen molar-refractivity contribution in [3.05, 3.63) is 35.9 Å². The summed E-state index contributed by atoms with van der Waals surface area (Å²) in [7, 11) is 2.89. The minimum atomic E-state index is 0.416. The first-order chi connectivity index (χ1) is 6.86. The highest BCUT2D eigenvalue weighted by Gasteiger charge is 2.17. The summed E-state index contributed by atoms with van der Waals surface area (Å²) in [5.74, 6) is 0.416. The molecule has 0 aliphatic heterocycles. The van der Waals surface area contributed by atoms with E-state index in [-0.39, 0.29) is 0 Å². The van der Waals surface area contributed by atoms with Gasteiger partial charge in [-0.25, -0.2) is 0 Å². The fourth-order valence-electron chi connectivity index (χ4n) is 2.10. The third kappa shape index (κ3) is 2.56. The van der Waals surface area contributed by atoms with Crippen LogP contribution in [0.15, 0.2) is 30.3 Å². The first kappa shape index (κ1) is 10.1. The summed E-state index contributed by atoms with van der Waals surface area (Å²) in [5, 5.41) is 3.66. The van der Waals surface area contributed by atoms with Gasteiger partial charge in [-0.15, -0.1) is 9.24 Å². The molecule has 1 fully saturated rings. The van der Waals surface area contributed by atoms with Crippen LogP contribution < -0.4 is 5.32 Å². The number of hydrogen-bond donors (Lipinski definition) is 1. The van der Waals surface area contributed by atoms with E-state index in [0.29, 0.717) is 5.78 Å². The largest absolute Gasteiger partial charge is 0.304 e. The van der Waals surface area contributed by atoms with Crippen LogP contribution in [0.5, 0.6) is 0 Å². The van der Waals surface area contributed by atoms with Crippen LogP contribution in [0.2, 0.25) is 0 Å². The molecule has 0 amide bonds. The Morgan fingerprint density at radius 3 is 2.43 bits per heavy atom. The highest BCUT2D eigenvalue weighted by atomic mass is 31.0. The van der Waals surface area contributed by atoms with Crippen LogP contribution >= 0.6 is 9.24 Å². The van der Waals surface area contributed by atoms with Gasteiger partial charge in [0.1, 0.15) is 0 Å². The van der Waals surface area contributed by atoms with Crippen LogP contribution in [-0.4, -0.2) is 6.04 Å². The molecule has 0 heterocycles. The number of hydrogen-bond acceptors (Lipinski definition) is 1. The van der Waals surface area contributed by atoms with Gasteiger partial charge < -0.3 is 5.32 Å². The van der Waals surface area contributed by atoms with E-state index in [2.05, 4.69) is 44.9 Å². The summed E-state index contributed by atoms with van der Waals surface area (Å²) in [4.78, 5) is 0. The van der Waals surface area contributed by atoms with E-state index in [1.54, 1.807) is 0 Å². The Hall–Kier alpha value is -0.390. The molecule has 1 nitrogen and oxygen atoms in total. The van der Waals surface area contributed by atoms with E-state index in [9.17, 15) is 0 Å². The Morgan fingerprint density at radius 2 is 1.79 bits per heavy atom. The van der Waals surface area contributed by atoms with E-state index in [1.807, 2.05) is 0 Å². The van der Waals surface area contributed by atoms with Crippen molar-refractivity contribution >= 4 is 9.24 Å². The highest BCUT2D eigenvalue weighted by molar-refractivity contribution is 7.17. The van der Waals surface area contributed by atoms with Gasteiger partial charge in [-0.1, -0.05) is 43.2 Å². The minimum Gasteiger partial charge on any atom is -0.304 e. The van der Waals surface area contributed by atoms with Crippen LogP contribution in [0.4, 0.5) is 0 Å². The summed E-state index contributed by atoms with van der Waals surface area (Å²) < 4.78 is 0. The molecule has 2 rings (SSSR count). The number of benzene rings is 1. The second-order valence-corrected chi connectivity index (χ2v) is 4.70. The molecular formula is C12H18NP. The van der Waals surface area contributed by atoms with E-state index in [4.69, 9.17) is 0 Å². The smallest absolute Gasteiger partial charge is 0.0465 e. The topological polar surface area (TPSA) is 12.0 Å². The van der Waals surface area contributed by atoms with Crippen molar-refractivity contribution in [3.8, 4) is 0 Å². The van der Waals surface area contributed by atoms with Gasteiger partial charge in [0.2, 0.25) is 0 Å². The first-order valence-electron chi connectivity index (χ1n) is 5.43. The maximum absolute atomic E-state index is 3.66. The van der Waals surface area contributed by atoms with Gasteiger partial charge in [0.25, 0.3) is 0 Å². The van der Waals surface area contributed by atoms with Crippen molar-refractivity contribution in [1.29, 1.82) is 0 Å². The predicted molar refractivity (Wildman–Crippen MR) is 64.3 cm³/mol. The van der Waals surface area contributed by atoms with Crippen LogP contribution in [0, 0.1) is 0 Å². The Morgan fingerprint density at radius 1 is 1.14 bits per heavy atom. The van der Waals surface area contributed by atoms with E-state index >= 15 is 0 Å². The predicted octanol–water partition coefficient (Wildman–Crippen LogP) is 3.09. The zero-order valence-electron chi connectivity index (χ0n) is 8.45. The Balaban J connectivity index is 1.92. The summed E-state index contributed by atoms with van der Waals surface area (Å²) in [5.41, 5.74) is 1.37. The molecule has 2 heteroatoms. The Kier molecular flexibility index (Phi) is 3.55. The average molecular weight is 207 g/mol. The Bertz CT molecular complexity index is 267. The standard InChI is InChI=1S/C12H18NP/c14-12(10-6-2-1-3-7-10)13-11-8-4-5-9-11/h1-3,6-7,11-13H,4-5,8-9,14H2. The zero-order valence-corrected chi connectivity index (χ0v) is 9.60. The van der Waals surface area contributed by atoms with Gasteiger partial charge in [-0.2, -0.15) is 0 Å². The number of rotatable bonds is 3. The lowest BCUT2D eigenvalue weighted by Gasteiger charge is -2.19. The molecule has 2 unspecified atom stereocenters. The molecule has 1 aromatic rings. The lowest BCUT2D eigenvalue weighted by molar-refractivity contribution is 0.516. The van der Waals surface area contributed by atoms with Crippen molar-refractivity contribution in [1.82, 2.24) is 5.32 Å². The van der Waals surface area contributed by atoms with Crippen molar-refractivity contribution in [2.24, 2.45) is 0 Å². The lowest BCUT2D eigenvalue weighted by atomic mass is 10.2. The maximum atomic E-state index is 3.66. The molecular weight excluding hydrogens is 189 g/mol. The molecule has 0 saturated heterocycles. The minimum absolute atomic E-state index is 0.416. The monoisotopic (exact) mass is 207 g/mol. The molecule has 0 bridgehead atoms. The zero-order chi connectivity index (χ0) is 9.80. The Labute approximate surface area is 88.5 Å². The fraction of sp³-hybridized carbons (Fsp3) is 0.500. The maximum Gasteiger partial charge on any atom is 0.0465 e. The van der Waals surface area contributed by atoms with Gasteiger partial charge in [-0.3, -0.25) is 0 Å². The fourth-order valence-corrected chi connectivity index (χ4v) is 2.60. The highest BCUT2D eigenvalue weighted by Crippen LogP contribution is 2.25. The lowest BCUT2D eigenvalue weighted by Crippen LogP contribution is -2.27. The second kappa shape index (κ2) is 4.91. The molecule has 0 spiro atoms. The van der Waals surface area contributed by atoms with E-state index < -0.39 is 0 Å². The van der Waals surface area contributed by atoms with Crippen LogP contribution in [0.25, 0.3) is 0 Å². The molecule has 1 aliphatic rings. The molecule has 1 saturated carbocycles. The summed E-state index contributed by atoms with van der Waals surface area (Å²) in [6.45, 7) is 0. The summed E-state index contributed by atoms with van der Waals surface area (Å²) in [6.07, 6.45) is 5.48. The SMILES string of the molecule is PC(NC1CCCC1)c1ccccc1. The molecule has 0 radical (unpaired) electrons. The average Bonchev–Trinajstić information content (AvgIpc) is 2.72. The van der Waals surface area contributed by atoms with Crippen molar-refractivity contribution in [2.75, 3.05) is 0 Å². The molecule has 14 heavy (non-hydrogen) atoms. The second-order valence-electron chi connectivity index (χ2n) is 4.04. The van der Waals surface area contributed by atoms with Crippen molar-refractivity contribution in [2.45, 2.75) is 37.5 Å². The van der Waals surface area contributed by atoms with Crippen LogP contribution in [0.1, 0.15) is 37.0 Å².